The van der Waals surface area contributed by atoms with Crippen LogP contribution >= 0.6 is 22.9 Å². The minimum Gasteiger partial charge on any atom is -0.379 e. The van der Waals surface area contributed by atoms with E-state index in [9.17, 15) is 4.79 Å². The van der Waals surface area contributed by atoms with Crippen molar-refractivity contribution in [2.75, 3.05) is 45.7 Å². The summed E-state index contributed by atoms with van der Waals surface area (Å²) in [6, 6.07) is 9.91. The number of hydrogen-bond donors (Lipinski definition) is 2. The molecule has 0 unspecified atom stereocenters. The summed E-state index contributed by atoms with van der Waals surface area (Å²) in [5, 5.41) is 7.42. The Morgan fingerprint density at radius 3 is 2.88 bits per heavy atom. The number of anilines is 2. The van der Waals surface area contributed by atoms with Crippen LogP contribution in [-0.2, 0) is 11.3 Å². The van der Waals surface area contributed by atoms with Crippen LogP contribution in [0.15, 0.2) is 41.9 Å². The zero-order valence-corrected chi connectivity index (χ0v) is 19.5. The Balaban J connectivity index is 1.49. The van der Waals surface area contributed by atoms with E-state index in [0.717, 1.165) is 17.8 Å². The molecule has 32 heavy (non-hydrogen) atoms. The molecule has 2 aromatic heterocycles. The molecule has 0 aliphatic carbocycles. The van der Waals surface area contributed by atoms with E-state index in [4.69, 9.17) is 16.3 Å². The fourth-order valence-corrected chi connectivity index (χ4v) is 4.31. The highest BCUT2D eigenvalue weighted by Crippen LogP contribution is 2.31. The van der Waals surface area contributed by atoms with Gasteiger partial charge in [-0.3, -0.25) is 10.2 Å². The maximum atomic E-state index is 12.6. The van der Waals surface area contributed by atoms with Gasteiger partial charge in [-0.1, -0.05) is 23.7 Å². The molecule has 0 atom stereocenters. The minimum atomic E-state index is -0.149. The monoisotopic (exact) mass is 472 g/mol. The zero-order valence-electron chi connectivity index (χ0n) is 18.0. The van der Waals surface area contributed by atoms with Crippen LogP contribution in [0.1, 0.15) is 15.2 Å². The van der Waals surface area contributed by atoms with Crippen molar-refractivity contribution in [3.8, 4) is 11.3 Å². The van der Waals surface area contributed by atoms with Gasteiger partial charge in [-0.25, -0.2) is 15.0 Å². The summed E-state index contributed by atoms with van der Waals surface area (Å²) in [5.74, 6) is 0.293. The van der Waals surface area contributed by atoms with Gasteiger partial charge in [0.2, 0.25) is 5.95 Å². The number of ether oxygens (including phenoxy) is 1. The first-order valence-corrected chi connectivity index (χ1v) is 11.5. The van der Waals surface area contributed by atoms with Gasteiger partial charge in [0, 0.05) is 36.3 Å². The third-order valence-electron chi connectivity index (χ3n) is 4.79. The molecular formula is C22H25ClN6O2S. The molecule has 3 aromatic rings. The van der Waals surface area contributed by atoms with Crippen LogP contribution < -0.4 is 10.7 Å². The molecule has 1 amide bonds. The highest BCUT2D eigenvalue weighted by molar-refractivity contribution is 7.12. The van der Waals surface area contributed by atoms with Crippen LogP contribution in [0.25, 0.3) is 11.3 Å². The van der Waals surface area contributed by atoms with Crippen LogP contribution in [0.5, 0.6) is 0 Å². The Labute approximate surface area is 196 Å². The van der Waals surface area contributed by atoms with Crippen molar-refractivity contribution in [3.05, 3.63) is 57.4 Å². The molecule has 4 rings (SSSR count). The van der Waals surface area contributed by atoms with Crippen molar-refractivity contribution in [2.24, 2.45) is 0 Å². The molecule has 1 aliphatic heterocycles. The second-order valence-electron chi connectivity index (χ2n) is 7.69. The summed E-state index contributed by atoms with van der Waals surface area (Å²) in [7, 11) is 4.07. The van der Waals surface area contributed by atoms with Crippen molar-refractivity contribution in [1.82, 2.24) is 25.3 Å². The normalized spacial score (nSPS) is 14.5. The number of halogens is 1. The molecule has 1 fully saturated rings. The van der Waals surface area contributed by atoms with Gasteiger partial charge in [-0.2, -0.15) is 0 Å². The minimum absolute atomic E-state index is 0.149. The average molecular weight is 473 g/mol. The molecule has 1 aliphatic rings. The summed E-state index contributed by atoms with van der Waals surface area (Å²) >= 11 is 7.74. The molecule has 2 N–H and O–H groups in total. The van der Waals surface area contributed by atoms with Crippen molar-refractivity contribution >= 4 is 40.5 Å². The summed E-state index contributed by atoms with van der Waals surface area (Å²) in [6.45, 7) is 3.41. The van der Waals surface area contributed by atoms with Gasteiger partial charge in [0.15, 0.2) is 0 Å². The predicted molar refractivity (Wildman–Crippen MR) is 127 cm³/mol. The third kappa shape index (κ3) is 5.81. The largest absolute Gasteiger partial charge is 0.379 e. The molecule has 1 aromatic carbocycles. The van der Waals surface area contributed by atoms with Crippen molar-refractivity contribution in [2.45, 2.75) is 6.54 Å². The van der Waals surface area contributed by atoms with E-state index in [1.165, 1.54) is 16.9 Å². The van der Waals surface area contributed by atoms with Crippen LogP contribution in [0, 0.1) is 0 Å². The lowest BCUT2D eigenvalue weighted by Gasteiger charge is -2.26. The average Bonchev–Trinajstić information content (AvgIpc) is 3.26. The number of amides is 1. The number of benzene rings is 1. The molecule has 1 saturated heterocycles. The van der Waals surface area contributed by atoms with E-state index in [1.54, 1.807) is 12.3 Å². The van der Waals surface area contributed by atoms with Gasteiger partial charge in [0.1, 0.15) is 0 Å². The Kier molecular flexibility index (Phi) is 7.33. The van der Waals surface area contributed by atoms with Gasteiger partial charge in [0.05, 0.1) is 35.0 Å². The van der Waals surface area contributed by atoms with Crippen LogP contribution in [0.3, 0.4) is 0 Å². The molecule has 3 heterocycles. The molecule has 168 valence electrons. The Hall–Kier alpha value is -2.56. The number of carbonyl (C=O) groups excluding carboxylic acids is 1. The SMILES string of the molecule is CN(C)Cc1cccc(Nc2ncc(Cl)c(-c3csc(C(=O)NN4CCOCC4)c3)n2)c1. The Morgan fingerprint density at radius 2 is 2.09 bits per heavy atom. The first-order chi connectivity index (χ1) is 15.5. The smallest absolute Gasteiger partial charge is 0.275 e. The topological polar surface area (TPSA) is 82.6 Å². The number of aromatic nitrogens is 2. The maximum Gasteiger partial charge on any atom is 0.275 e. The Morgan fingerprint density at radius 1 is 1.28 bits per heavy atom. The number of nitrogens with one attached hydrogen (secondary N) is 2. The summed E-state index contributed by atoms with van der Waals surface area (Å²) < 4.78 is 5.31. The summed E-state index contributed by atoms with van der Waals surface area (Å²) in [5.41, 5.74) is 6.36. The van der Waals surface area contributed by atoms with Crippen molar-refractivity contribution < 1.29 is 9.53 Å². The third-order valence-corrected chi connectivity index (χ3v) is 6.00. The number of carbonyl (C=O) groups is 1. The highest BCUT2D eigenvalue weighted by atomic mass is 35.5. The highest BCUT2D eigenvalue weighted by Gasteiger charge is 2.18. The number of rotatable bonds is 7. The van der Waals surface area contributed by atoms with Crippen LogP contribution in [-0.4, -0.2) is 66.2 Å². The van der Waals surface area contributed by atoms with Crippen LogP contribution in [0.4, 0.5) is 11.6 Å². The van der Waals surface area contributed by atoms with Crippen molar-refractivity contribution in [1.29, 1.82) is 0 Å². The van der Waals surface area contributed by atoms with Gasteiger partial charge in [-0.15, -0.1) is 11.3 Å². The fourth-order valence-electron chi connectivity index (χ4n) is 3.32. The van der Waals surface area contributed by atoms with Gasteiger partial charge in [-0.05, 0) is 37.9 Å². The van der Waals surface area contributed by atoms with Gasteiger partial charge in [0.25, 0.3) is 5.91 Å². The first kappa shape index (κ1) is 22.6. The quantitative estimate of drug-likeness (QED) is 0.543. The van der Waals surface area contributed by atoms with Gasteiger partial charge < -0.3 is 15.0 Å². The molecule has 8 nitrogen and oxygen atoms in total. The van der Waals surface area contributed by atoms with E-state index in [-0.39, 0.29) is 5.91 Å². The number of thiophene rings is 1. The molecule has 10 heteroatoms. The van der Waals surface area contributed by atoms with E-state index < -0.39 is 0 Å². The fraction of sp³-hybridized carbons (Fsp3) is 0.318. The van der Waals surface area contributed by atoms with Crippen LogP contribution in [0.2, 0.25) is 5.02 Å². The number of hydrogen-bond acceptors (Lipinski definition) is 8. The zero-order chi connectivity index (χ0) is 22.5. The van der Waals surface area contributed by atoms with E-state index in [2.05, 4.69) is 37.7 Å². The van der Waals surface area contributed by atoms with Crippen molar-refractivity contribution in [3.63, 3.8) is 0 Å². The second-order valence-corrected chi connectivity index (χ2v) is 9.01. The summed E-state index contributed by atoms with van der Waals surface area (Å²) in [4.78, 5) is 24.2. The number of morpholine rings is 1. The predicted octanol–water partition coefficient (Wildman–Crippen LogP) is 3.64. The molecule has 0 spiro atoms. The summed E-state index contributed by atoms with van der Waals surface area (Å²) in [6.07, 6.45) is 1.57. The molecular weight excluding hydrogens is 448 g/mol. The first-order valence-electron chi connectivity index (χ1n) is 10.2. The van der Waals surface area contributed by atoms with E-state index in [1.807, 2.05) is 36.6 Å². The number of hydrazine groups is 1. The lowest BCUT2D eigenvalue weighted by Crippen LogP contribution is -2.48. The molecule has 0 saturated carbocycles. The lowest BCUT2D eigenvalue weighted by molar-refractivity contribution is 0.0127. The van der Waals surface area contributed by atoms with Gasteiger partial charge >= 0.3 is 0 Å². The second kappa shape index (κ2) is 10.4. The number of nitrogens with zero attached hydrogens (tertiary/aromatic N) is 4. The Bertz CT molecular complexity index is 1080. The standard InChI is InChI=1S/C22H25ClN6O2S/c1-28(2)13-15-4-3-5-17(10-15)25-22-24-12-18(23)20(26-22)16-11-19(32-14-16)21(30)27-29-6-8-31-9-7-29/h3-5,10-12,14H,6-9,13H2,1-2H3,(H,27,30)(H,24,25,26). The maximum absolute atomic E-state index is 12.6. The van der Waals surface area contributed by atoms with E-state index in [0.29, 0.717) is 47.8 Å². The van der Waals surface area contributed by atoms with E-state index >= 15 is 0 Å². The molecule has 0 radical (unpaired) electrons. The molecule has 0 bridgehead atoms. The lowest BCUT2D eigenvalue weighted by atomic mass is 10.2.